The Labute approximate surface area is 158 Å². The van der Waals surface area contributed by atoms with Crippen molar-refractivity contribution in [3.8, 4) is 0 Å². The first kappa shape index (κ1) is 17.5. The monoisotopic (exact) mass is 365 g/mol. The molecule has 0 spiro atoms. The number of anilines is 2. The number of carbonyl (C=O) groups is 2. The maximum atomic E-state index is 12.9. The number of hydrogen-bond donors (Lipinski definition) is 0. The number of hydrogen-bond acceptors (Lipinski definition) is 5. The lowest BCUT2D eigenvalue weighted by atomic mass is 10.1. The molecule has 0 saturated carbocycles. The lowest BCUT2D eigenvalue weighted by Crippen LogP contribution is -2.49. The molecule has 2 aliphatic heterocycles. The molecule has 7 nitrogen and oxygen atoms in total. The third-order valence-electron chi connectivity index (χ3n) is 5.23. The molecule has 2 aliphatic rings. The van der Waals surface area contributed by atoms with E-state index >= 15 is 0 Å². The first-order valence-electron chi connectivity index (χ1n) is 9.42. The standard InChI is InChI=1S/C20H23N5O2/c1-2-18(26)25-9-6-15-14-16(4-5-17(15)25)19(27)23-10-12-24(13-11-23)20-21-7-3-8-22-20/h3-5,7-8,14H,2,6,9-13H2,1H3. The highest BCUT2D eigenvalue weighted by Crippen LogP contribution is 2.30. The zero-order valence-corrected chi connectivity index (χ0v) is 15.5. The topological polar surface area (TPSA) is 69.6 Å². The third-order valence-corrected chi connectivity index (χ3v) is 5.23. The molecule has 2 amide bonds. The van der Waals surface area contributed by atoms with Crippen LogP contribution in [0.4, 0.5) is 11.6 Å². The summed E-state index contributed by atoms with van der Waals surface area (Å²) in [6.45, 7) is 5.32. The molecular formula is C20H23N5O2. The number of benzene rings is 1. The lowest BCUT2D eigenvalue weighted by molar-refractivity contribution is -0.118. The summed E-state index contributed by atoms with van der Waals surface area (Å²) in [6, 6.07) is 7.51. The molecule has 27 heavy (non-hydrogen) atoms. The zero-order chi connectivity index (χ0) is 18.8. The Morgan fingerprint density at radius 3 is 2.48 bits per heavy atom. The fourth-order valence-electron chi connectivity index (χ4n) is 3.73. The maximum absolute atomic E-state index is 12.9. The molecule has 2 aromatic rings. The van der Waals surface area contributed by atoms with E-state index in [2.05, 4.69) is 14.9 Å². The fraction of sp³-hybridized carbons (Fsp3) is 0.400. The normalized spacial score (nSPS) is 16.4. The summed E-state index contributed by atoms with van der Waals surface area (Å²) < 4.78 is 0. The predicted octanol–water partition coefficient (Wildman–Crippen LogP) is 1.74. The van der Waals surface area contributed by atoms with Gasteiger partial charge >= 0.3 is 0 Å². The van der Waals surface area contributed by atoms with E-state index in [1.54, 1.807) is 18.5 Å². The molecule has 1 saturated heterocycles. The first-order chi connectivity index (χ1) is 13.2. The molecule has 3 heterocycles. The van der Waals surface area contributed by atoms with E-state index in [0.717, 1.165) is 30.8 Å². The molecule has 0 bridgehead atoms. The summed E-state index contributed by atoms with van der Waals surface area (Å²) in [5.74, 6) is 0.890. The van der Waals surface area contributed by atoms with Gasteiger partial charge in [0.05, 0.1) is 0 Å². The predicted molar refractivity (Wildman–Crippen MR) is 103 cm³/mol. The van der Waals surface area contributed by atoms with Crippen LogP contribution < -0.4 is 9.80 Å². The minimum atomic E-state index is 0.0479. The minimum absolute atomic E-state index is 0.0479. The van der Waals surface area contributed by atoms with Crippen LogP contribution >= 0.6 is 0 Å². The molecular weight excluding hydrogens is 342 g/mol. The van der Waals surface area contributed by atoms with Crippen LogP contribution in [0.25, 0.3) is 0 Å². The van der Waals surface area contributed by atoms with Gasteiger partial charge in [-0.2, -0.15) is 0 Å². The highest BCUT2D eigenvalue weighted by molar-refractivity contribution is 5.98. The molecule has 1 aromatic carbocycles. The van der Waals surface area contributed by atoms with Crippen LogP contribution in [0.3, 0.4) is 0 Å². The van der Waals surface area contributed by atoms with Crippen molar-refractivity contribution < 1.29 is 9.59 Å². The number of fused-ring (bicyclic) bond motifs is 1. The highest BCUT2D eigenvalue weighted by Gasteiger charge is 2.27. The molecule has 140 valence electrons. The summed E-state index contributed by atoms with van der Waals surface area (Å²) in [6.07, 6.45) is 4.77. The lowest BCUT2D eigenvalue weighted by Gasteiger charge is -2.34. The van der Waals surface area contributed by atoms with E-state index in [4.69, 9.17) is 0 Å². The van der Waals surface area contributed by atoms with Crippen LogP contribution in [0.1, 0.15) is 29.3 Å². The van der Waals surface area contributed by atoms with Crippen molar-refractivity contribution in [3.63, 3.8) is 0 Å². The van der Waals surface area contributed by atoms with E-state index in [1.807, 2.05) is 34.9 Å². The number of piperazine rings is 1. The van der Waals surface area contributed by atoms with Gasteiger partial charge in [-0.15, -0.1) is 0 Å². The molecule has 7 heteroatoms. The molecule has 4 rings (SSSR count). The molecule has 1 fully saturated rings. The van der Waals surface area contributed by atoms with Gasteiger partial charge in [-0.05, 0) is 36.2 Å². The second-order valence-electron chi connectivity index (χ2n) is 6.82. The summed E-state index contributed by atoms with van der Waals surface area (Å²) in [5, 5.41) is 0. The molecule has 0 aliphatic carbocycles. The summed E-state index contributed by atoms with van der Waals surface area (Å²) in [5.41, 5.74) is 2.73. The van der Waals surface area contributed by atoms with Gasteiger partial charge in [0.15, 0.2) is 0 Å². The maximum Gasteiger partial charge on any atom is 0.253 e. The quantitative estimate of drug-likeness (QED) is 0.829. The van der Waals surface area contributed by atoms with E-state index < -0.39 is 0 Å². The molecule has 0 radical (unpaired) electrons. The van der Waals surface area contributed by atoms with Gasteiger partial charge in [-0.3, -0.25) is 9.59 Å². The molecule has 0 atom stereocenters. The van der Waals surface area contributed by atoms with Crippen molar-refractivity contribution in [2.45, 2.75) is 19.8 Å². The van der Waals surface area contributed by atoms with Crippen molar-refractivity contribution in [1.82, 2.24) is 14.9 Å². The summed E-state index contributed by atoms with van der Waals surface area (Å²) >= 11 is 0. The summed E-state index contributed by atoms with van der Waals surface area (Å²) in [7, 11) is 0. The van der Waals surface area contributed by atoms with Gasteiger partial charge in [0.2, 0.25) is 11.9 Å². The largest absolute Gasteiger partial charge is 0.337 e. The fourth-order valence-corrected chi connectivity index (χ4v) is 3.73. The Bertz CT molecular complexity index is 847. The van der Waals surface area contributed by atoms with Crippen LogP contribution in [0.5, 0.6) is 0 Å². The van der Waals surface area contributed by atoms with Crippen LogP contribution in [0.2, 0.25) is 0 Å². The van der Waals surface area contributed by atoms with Gasteiger partial charge in [0, 0.05) is 62.8 Å². The van der Waals surface area contributed by atoms with Gasteiger partial charge in [0.1, 0.15) is 0 Å². The Kier molecular flexibility index (Phi) is 4.75. The number of nitrogens with zero attached hydrogens (tertiary/aromatic N) is 5. The van der Waals surface area contributed by atoms with Gasteiger partial charge in [-0.1, -0.05) is 6.92 Å². The van der Waals surface area contributed by atoms with Crippen LogP contribution in [-0.2, 0) is 11.2 Å². The van der Waals surface area contributed by atoms with Crippen molar-refractivity contribution in [2.75, 3.05) is 42.5 Å². The van der Waals surface area contributed by atoms with Crippen LogP contribution in [0, 0.1) is 0 Å². The molecule has 0 unspecified atom stereocenters. The minimum Gasteiger partial charge on any atom is -0.337 e. The number of carbonyl (C=O) groups excluding carboxylic acids is 2. The molecule has 1 aromatic heterocycles. The Morgan fingerprint density at radius 2 is 1.78 bits per heavy atom. The molecule has 0 N–H and O–H groups in total. The van der Waals surface area contributed by atoms with Gasteiger partial charge < -0.3 is 14.7 Å². The smallest absolute Gasteiger partial charge is 0.253 e. The third kappa shape index (κ3) is 3.37. The van der Waals surface area contributed by atoms with Crippen molar-refractivity contribution in [1.29, 1.82) is 0 Å². The van der Waals surface area contributed by atoms with E-state index in [-0.39, 0.29) is 11.8 Å². The van der Waals surface area contributed by atoms with E-state index in [0.29, 0.717) is 37.6 Å². The van der Waals surface area contributed by atoms with Gasteiger partial charge in [-0.25, -0.2) is 9.97 Å². The number of aromatic nitrogens is 2. The Balaban J connectivity index is 1.43. The number of amides is 2. The SMILES string of the molecule is CCC(=O)N1CCc2cc(C(=O)N3CCN(c4ncccn4)CC3)ccc21. The highest BCUT2D eigenvalue weighted by atomic mass is 16.2. The Morgan fingerprint density at radius 1 is 1.04 bits per heavy atom. The Hall–Kier alpha value is -2.96. The van der Waals surface area contributed by atoms with Crippen LogP contribution in [0.15, 0.2) is 36.7 Å². The average Bonchev–Trinajstić information content (AvgIpc) is 3.16. The van der Waals surface area contributed by atoms with Crippen LogP contribution in [-0.4, -0.2) is 59.4 Å². The summed E-state index contributed by atoms with van der Waals surface area (Å²) in [4.78, 5) is 39.3. The first-order valence-corrected chi connectivity index (χ1v) is 9.42. The number of rotatable bonds is 3. The second kappa shape index (κ2) is 7.34. The van der Waals surface area contributed by atoms with E-state index in [1.165, 1.54) is 0 Å². The average molecular weight is 365 g/mol. The van der Waals surface area contributed by atoms with E-state index in [9.17, 15) is 9.59 Å². The second-order valence-corrected chi connectivity index (χ2v) is 6.82. The van der Waals surface area contributed by atoms with Crippen molar-refractivity contribution in [3.05, 3.63) is 47.8 Å². The van der Waals surface area contributed by atoms with Crippen molar-refractivity contribution in [2.24, 2.45) is 0 Å². The van der Waals surface area contributed by atoms with Gasteiger partial charge in [0.25, 0.3) is 5.91 Å². The zero-order valence-electron chi connectivity index (χ0n) is 15.5. The van der Waals surface area contributed by atoms with Crippen molar-refractivity contribution >= 4 is 23.5 Å².